The van der Waals surface area contributed by atoms with Crippen LogP contribution in [0.1, 0.15) is 23.2 Å². The van der Waals surface area contributed by atoms with Crippen molar-refractivity contribution in [2.24, 2.45) is 0 Å². The molecule has 3 heterocycles. The SMILES string of the molecule is c1ccc(-c2cccc(N(c3ccccc3)c3cccc(-c4ccc(N5C6c7ccccc7SC6C6Sc7ccccc7C65)cc4)c3)c2)cc1. The Labute approximate surface area is 302 Å². The lowest BCUT2D eigenvalue weighted by Gasteiger charge is -2.32. The summed E-state index contributed by atoms with van der Waals surface area (Å²) in [5.74, 6) is 0. The van der Waals surface area contributed by atoms with Crippen LogP contribution in [0.15, 0.2) is 192 Å². The van der Waals surface area contributed by atoms with Gasteiger partial charge in [-0.05, 0) is 94.0 Å². The highest BCUT2D eigenvalue weighted by atomic mass is 32.2. The molecular weight excluding hydrogens is 645 g/mol. The van der Waals surface area contributed by atoms with E-state index >= 15 is 0 Å². The van der Waals surface area contributed by atoms with Crippen LogP contribution in [0, 0.1) is 0 Å². The largest absolute Gasteiger partial charge is 0.355 e. The van der Waals surface area contributed by atoms with Gasteiger partial charge in [0, 0.05) is 43.0 Å². The van der Waals surface area contributed by atoms with Crippen LogP contribution in [0.4, 0.5) is 22.7 Å². The predicted molar refractivity (Wildman–Crippen MR) is 212 cm³/mol. The first-order valence-corrected chi connectivity index (χ1v) is 19.1. The maximum absolute atomic E-state index is 2.74. The van der Waals surface area contributed by atoms with Crippen molar-refractivity contribution in [1.29, 1.82) is 0 Å². The van der Waals surface area contributed by atoms with Gasteiger partial charge in [0.2, 0.25) is 0 Å². The van der Waals surface area contributed by atoms with E-state index in [0.29, 0.717) is 22.6 Å². The lowest BCUT2D eigenvalue weighted by Crippen LogP contribution is -2.27. The van der Waals surface area contributed by atoms with Crippen molar-refractivity contribution in [2.75, 3.05) is 9.80 Å². The Morgan fingerprint density at radius 2 is 0.820 bits per heavy atom. The van der Waals surface area contributed by atoms with Crippen LogP contribution in [0.2, 0.25) is 0 Å². The Hall–Kier alpha value is -5.16. The molecule has 0 aliphatic carbocycles. The lowest BCUT2D eigenvalue weighted by molar-refractivity contribution is 0.675. The van der Waals surface area contributed by atoms with Crippen LogP contribution >= 0.6 is 23.5 Å². The highest BCUT2D eigenvalue weighted by Gasteiger charge is 2.57. The molecule has 7 aromatic rings. The van der Waals surface area contributed by atoms with Gasteiger partial charge in [-0.1, -0.05) is 121 Å². The second-order valence-electron chi connectivity index (χ2n) is 13.2. The molecule has 0 aromatic heterocycles. The quantitative estimate of drug-likeness (QED) is 0.173. The normalized spacial score (nSPS) is 19.8. The molecule has 10 rings (SSSR count). The fourth-order valence-electron chi connectivity index (χ4n) is 8.17. The number of hydrogen-bond acceptors (Lipinski definition) is 4. The first kappa shape index (κ1) is 29.7. The number of benzene rings is 7. The van der Waals surface area contributed by atoms with Crippen molar-refractivity contribution in [3.05, 3.63) is 193 Å². The van der Waals surface area contributed by atoms with E-state index in [1.165, 1.54) is 48.9 Å². The molecule has 3 aliphatic heterocycles. The van der Waals surface area contributed by atoms with E-state index in [-0.39, 0.29) is 0 Å². The number of nitrogens with zero attached hydrogens (tertiary/aromatic N) is 2. The third-order valence-electron chi connectivity index (χ3n) is 10.4. The summed E-state index contributed by atoms with van der Waals surface area (Å²) >= 11 is 4.17. The van der Waals surface area contributed by atoms with Crippen LogP contribution in [0.3, 0.4) is 0 Å². The number of hydrogen-bond donors (Lipinski definition) is 0. The maximum atomic E-state index is 2.74. The van der Waals surface area contributed by atoms with Crippen LogP contribution in [-0.2, 0) is 0 Å². The van der Waals surface area contributed by atoms with Crippen molar-refractivity contribution in [3.63, 3.8) is 0 Å². The Bertz CT molecular complexity index is 2260. The molecule has 1 saturated heterocycles. The molecule has 0 N–H and O–H groups in total. The summed E-state index contributed by atoms with van der Waals surface area (Å²) in [7, 11) is 0. The highest BCUT2D eigenvalue weighted by Crippen LogP contribution is 2.65. The molecule has 0 amide bonds. The number of para-hydroxylation sites is 1. The van der Waals surface area contributed by atoms with Crippen molar-refractivity contribution in [3.8, 4) is 22.3 Å². The van der Waals surface area contributed by atoms with Crippen LogP contribution < -0.4 is 9.80 Å². The van der Waals surface area contributed by atoms with Crippen LogP contribution in [0.25, 0.3) is 22.3 Å². The van der Waals surface area contributed by atoms with Gasteiger partial charge in [-0.15, -0.1) is 23.5 Å². The summed E-state index contributed by atoms with van der Waals surface area (Å²) in [6.07, 6.45) is 0. The summed E-state index contributed by atoms with van der Waals surface area (Å²) in [4.78, 5) is 7.98. The van der Waals surface area contributed by atoms with Gasteiger partial charge in [0.25, 0.3) is 0 Å². The maximum Gasteiger partial charge on any atom is 0.0694 e. The fraction of sp³-hybridized carbons (Fsp3) is 0.0870. The lowest BCUT2D eigenvalue weighted by atomic mass is 10.0. The van der Waals surface area contributed by atoms with E-state index in [2.05, 4.69) is 215 Å². The second-order valence-corrected chi connectivity index (χ2v) is 15.7. The Morgan fingerprint density at radius 1 is 0.380 bits per heavy atom. The number of thioether (sulfide) groups is 2. The van der Waals surface area contributed by atoms with E-state index in [0.717, 1.165) is 17.1 Å². The van der Waals surface area contributed by atoms with Crippen molar-refractivity contribution in [2.45, 2.75) is 32.4 Å². The summed E-state index contributed by atoms with van der Waals surface area (Å²) in [5, 5.41) is 1.05. The molecule has 4 atom stereocenters. The van der Waals surface area contributed by atoms with E-state index in [1.54, 1.807) is 0 Å². The van der Waals surface area contributed by atoms with E-state index in [4.69, 9.17) is 0 Å². The molecule has 50 heavy (non-hydrogen) atoms. The summed E-state index contributed by atoms with van der Waals surface area (Å²) < 4.78 is 0. The highest BCUT2D eigenvalue weighted by molar-refractivity contribution is 8.04. The van der Waals surface area contributed by atoms with Gasteiger partial charge in [-0.2, -0.15) is 0 Å². The first-order chi connectivity index (χ1) is 24.8. The molecule has 0 saturated carbocycles. The van der Waals surface area contributed by atoms with Gasteiger partial charge < -0.3 is 9.80 Å². The summed E-state index contributed by atoms with van der Waals surface area (Å²) in [6, 6.07) is 67.3. The minimum Gasteiger partial charge on any atom is -0.355 e. The fourth-order valence-corrected chi connectivity index (χ4v) is 11.4. The van der Waals surface area contributed by atoms with E-state index < -0.39 is 0 Å². The Balaban J connectivity index is 1.02. The van der Waals surface area contributed by atoms with Gasteiger partial charge >= 0.3 is 0 Å². The summed E-state index contributed by atoms with van der Waals surface area (Å²) in [5.41, 5.74) is 12.5. The molecule has 2 nitrogen and oxygen atoms in total. The molecule has 0 spiro atoms. The Kier molecular flexibility index (Phi) is 7.32. The summed E-state index contributed by atoms with van der Waals surface area (Å²) in [6.45, 7) is 0. The van der Waals surface area contributed by atoms with Gasteiger partial charge in [0.15, 0.2) is 0 Å². The Morgan fingerprint density at radius 3 is 1.38 bits per heavy atom. The monoisotopic (exact) mass is 678 g/mol. The first-order valence-electron chi connectivity index (χ1n) is 17.3. The number of fused-ring (bicyclic) bond motifs is 7. The van der Waals surface area contributed by atoms with Gasteiger partial charge in [0.05, 0.1) is 12.1 Å². The van der Waals surface area contributed by atoms with Crippen molar-refractivity contribution >= 4 is 46.3 Å². The minimum absolute atomic E-state index is 0.368. The molecule has 4 unspecified atom stereocenters. The third-order valence-corrected chi connectivity index (χ3v) is 13.4. The van der Waals surface area contributed by atoms with Crippen LogP contribution in [0.5, 0.6) is 0 Å². The molecule has 7 aromatic carbocycles. The third kappa shape index (κ3) is 4.97. The van der Waals surface area contributed by atoms with Crippen molar-refractivity contribution < 1.29 is 0 Å². The average Bonchev–Trinajstić information content (AvgIpc) is 3.84. The molecule has 1 fully saturated rings. The number of rotatable bonds is 6. The molecular formula is C46H34N2S2. The molecule has 4 heteroatoms. The minimum atomic E-state index is 0.368. The number of anilines is 4. The zero-order valence-electron chi connectivity index (χ0n) is 27.3. The molecule has 0 radical (unpaired) electrons. The van der Waals surface area contributed by atoms with Gasteiger partial charge in [0.1, 0.15) is 0 Å². The topological polar surface area (TPSA) is 6.48 Å². The smallest absolute Gasteiger partial charge is 0.0694 e. The van der Waals surface area contributed by atoms with E-state index in [9.17, 15) is 0 Å². The molecule has 0 bridgehead atoms. The van der Waals surface area contributed by atoms with Gasteiger partial charge in [-0.25, -0.2) is 0 Å². The van der Waals surface area contributed by atoms with E-state index in [1.807, 2.05) is 0 Å². The average molecular weight is 679 g/mol. The van der Waals surface area contributed by atoms with Gasteiger partial charge in [-0.3, -0.25) is 0 Å². The van der Waals surface area contributed by atoms with Crippen LogP contribution in [-0.4, -0.2) is 10.5 Å². The predicted octanol–water partition coefficient (Wildman–Crippen LogP) is 12.7. The second kappa shape index (κ2) is 12.3. The van der Waals surface area contributed by atoms with Crippen molar-refractivity contribution in [1.82, 2.24) is 0 Å². The zero-order chi connectivity index (χ0) is 33.0. The zero-order valence-corrected chi connectivity index (χ0v) is 29.0. The molecule has 3 aliphatic rings. The molecule has 240 valence electrons. The standard InChI is InChI=1S/C46H34N2S2/c1-3-13-31(14-4-1)33-15-11-19-37(29-33)47(35-17-5-2-6-18-35)38-20-12-16-34(30-38)32-25-27-36(28-26-32)48-43-39-21-7-9-23-41(39)49-45(43)46-44(48)40-22-8-10-24-42(40)50-46/h1-30,43-46H.